The summed E-state index contributed by atoms with van der Waals surface area (Å²) in [5.41, 5.74) is -0.0577. The highest BCUT2D eigenvalue weighted by molar-refractivity contribution is 6.00. The summed E-state index contributed by atoms with van der Waals surface area (Å²) in [4.78, 5) is 12.4. The van der Waals surface area contributed by atoms with E-state index in [1.165, 1.54) is 12.1 Å². The highest BCUT2D eigenvalue weighted by Crippen LogP contribution is 2.40. The number of carbonyl (C=O) groups excluding carboxylic acids is 1. The van der Waals surface area contributed by atoms with Crippen LogP contribution in [0.1, 0.15) is 57.3 Å². The smallest absolute Gasteiger partial charge is 0.170 e. The van der Waals surface area contributed by atoms with E-state index in [1.54, 1.807) is 6.07 Å². The molecule has 2 rings (SSSR count). The lowest BCUT2D eigenvalue weighted by atomic mass is 9.78. The van der Waals surface area contributed by atoms with Crippen molar-refractivity contribution in [1.82, 2.24) is 0 Å². The number of benzene rings is 1. The molecule has 0 saturated carbocycles. The number of hydrogen-bond acceptors (Lipinski definition) is 2. The lowest BCUT2D eigenvalue weighted by molar-refractivity contribution is 0.0104. The molecule has 0 aromatic heterocycles. The third kappa shape index (κ3) is 3.20. The molecule has 110 valence electrons. The minimum absolute atomic E-state index is 0.00736. The Bertz CT molecular complexity index is 496. The molecule has 0 saturated heterocycles. The molecule has 0 fully saturated rings. The van der Waals surface area contributed by atoms with Gasteiger partial charge in [0.05, 0.1) is 12.0 Å². The van der Waals surface area contributed by atoms with Gasteiger partial charge >= 0.3 is 0 Å². The van der Waals surface area contributed by atoms with Gasteiger partial charge in [-0.2, -0.15) is 0 Å². The van der Waals surface area contributed by atoms with Gasteiger partial charge in [0.25, 0.3) is 0 Å². The molecular weight excluding hydrogens is 255 g/mol. The topological polar surface area (TPSA) is 26.3 Å². The van der Waals surface area contributed by atoms with Crippen molar-refractivity contribution in [3.63, 3.8) is 0 Å². The van der Waals surface area contributed by atoms with Crippen LogP contribution in [-0.2, 0) is 0 Å². The van der Waals surface area contributed by atoms with Crippen LogP contribution in [0.4, 0.5) is 4.39 Å². The summed E-state index contributed by atoms with van der Waals surface area (Å²) < 4.78 is 19.5. The Morgan fingerprint density at radius 1 is 1.20 bits per heavy atom. The molecule has 0 radical (unpaired) electrons. The lowest BCUT2D eigenvalue weighted by Gasteiger charge is -2.40. The lowest BCUT2D eigenvalue weighted by Crippen LogP contribution is -2.44. The van der Waals surface area contributed by atoms with E-state index in [9.17, 15) is 9.18 Å². The fourth-order valence-electron chi connectivity index (χ4n) is 3.27. The van der Waals surface area contributed by atoms with Crippen molar-refractivity contribution in [3.05, 3.63) is 29.6 Å². The summed E-state index contributed by atoms with van der Waals surface area (Å²) in [7, 11) is 0. The number of ether oxygens (including phenoxy) is 1. The van der Waals surface area contributed by atoms with Gasteiger partial charge in [0, 0.05) is 0 Å². The van der Waals surface area contributed by atoms with E-state index in [2.05, 4.69) is 27.7 Å². The molecule has 2 nitrogen and oxygen atoms in total. The highest BCUT2D eigenvalue weighted by Gasteiger charge is 2.41. The Hall–Kier alpha value is -1.38. The second-order valence-electron chi connectivity index (χ2n) is 6.72. The van der Waals surface area contributed by atoms with E-state index in [0.29, 0.717) is 29.6 Å². The quantitative estimate of drug-likeness (QED) is 0.803. The highest BCUT2D eigenvalue weighted by atomic mass is 19.1. The van der Waals surface area contributed by atoms with Gasteiger partial charge in [0.15, 0.2) is 5.78 Å². The molecule has 1 heterocycles. The van der Waals surface area contributed by atoms with Gasteiger partial charge in [-0.05, 0) is 42.9 Å². The molecule has 0 bridgehead atoms. The van der Waals surface area contributed by atoms with Crippen molar-refractivity contribution >= 4 is 5.78 Å². The molecule has 20 heavy (non-hydrogen) atoms. The Kier molecular flexibility index (Phi) is 4.17. The van der Waals surface area contributed by atoms with E-state index >= 15 is 0 Å². The maximum Gasteiger partial charge on any atom is 0.170 e. The molecule has 0 amide bonds. The molecule has 0 N–H and O–H groups in total. The summed E-state index contributed by atoms with van der Waals surface area (Å²) in [6.07, 6.45) is 2.03. The van der Waals surface area contributed by atoms with Crippen molar-refractivity contribution in [3.8, 4) is 5.75 Å². The van der Waals surface area contributed by atoms with Gasteiger partial charge in [-0.15, -0.1) is 0 Å². The summed E-state index contributed by atoms with van der Waals surface area (Å²) in [5, 5.41) is 0. The van der Waals surface area contributed by atoms with Crippen LogP contribution in [0.5, 0.6) is 5.75 Å². The van der Waals surface area contributed by atoms with Crippen LogP contribution >= 0.6 is 0 Å². The number of hydrogen-bond donors (Lipinski definition) is 0. The van der Waals surface area contributed by atoms with Gasteiger partial charge < -0.3 is 4.74 Å². The number of rotatable bonds is 4. The van der Waals surface area contributed by atoms with E-state index in [-0.39, 0.29) is 11.6 Å². The standard InChI is InChI=1S/C17H23FO2/c1-11(2)8-17(9-12(3)4)10-15(19)14-7-13(18)5-6-16(14)20-17/h5-7,11-12H,8-10H2,1-4H3. The van der Waals surface area contributed by atoms with Gasteiger partial charge in [0.1, 0.15) is 17.2 Å². The van der Waals surface area contributed by atoms with E-state index in [1.807, 2.05) is 0 Å². The molecule has 1 aliphatic heterocycles. The predicted molar refractivity (Wildman–Crippen MR) is 77.6 cm³/mol. The zero-order valence-electron chi connectivity index (χ0n) is 12.7. The summed E-state index contributed by atoms with van der Waals surface area (Å²) in [5.74, 6) is 1.03. The molecule has 0 aliphatic carbocycles. The minimum atomic E-state index is -0.440. The predicted octanol–water partition coefficient (Wildman–Crippen LogP) is 4.62. The first-order chi connectivity index (χ1) is 9.31. The SMILES string of the molecule is CC(C)CC1(CC(C)C)CC(=O)c2cc(F)ccc2O1. The van der Waals surface area contributed by atoms with Gasteiger partial charge in [-0.1, -0.05) is 27.7 Å². The Labute approximate surface area is 120 Å². The zero-order chi connectivity index (χ0) is 14.9. The molecule has 0 spiro atoms. The maximum absolute atomic E-state index is 13.3. The van der Waals surface area contributed by atoms with E-state index < -0.39 is 5.60 Å². The number of ketones is 1. The molecule has 1 aromatic rings. The molecule has 0 unspecified atom stereocenters. The monoisotopic (exact) mass is 278 g/mol. The Morgan fingerprint density at radius 2 is 1.80 bits per heavy atom. The number of fused-ring (bicyclic) bond motifs is 1. The summed E-state index contributed by atoms with van der Waals surface area (Å²) in [6, 6.07) is 4.22. The maximum atomic E-state index is 13.3. The van der Waals surface area contributed by atoms with Crippen LogP contribution in [0.25, 0.3) is 0 Å². The van der Waals surface area contributed by atoms with Crippen LogP contribution in [0.3, 0.4) is 0 Å². The van der Waals surface area contributed by atoms with Crippen LogP contribution in [0.15, 0.2) is 18.2 Å². The molecule has 1 aliphatic rings. The van der Waals surface area contributed by atoms with Gasteiger partial charge in [-0.3, -0.25) is 4.79 Å². The van der Waals surface area contributed by atoms with Crippen LogP contribution in [0.2, 0.25) is 0 Å². The first-order valence-electron chi connectivity index (χ1n) is 7.33. The number of Topliss-reactive ketones (excluding diaryl/α,β-unsaturated/α-hetero) is 1. The van der Waals surface area contributed by atoms with Crippen molar-refractivity contribution in [2.75, 3.05) is 0 Å². The second-order valence-corrected chi connectivity index (χ2v) is 6.72. The number of halogens is 1. The second kappa shape index (κ2) is 5.55. The largest absolute Gasteiger partial charge is 0.486 e. The fourth-order valence-corrected chi connectivity index (χ4v) is 3.27. The Morgan fingerprint density at radius 3 is 2.35 bits per heavy atom. The number of carbonyl (C=O) groups is 1. The summed E-state index contributed by atoms with van der Waals surface area (Å²) >= 11 is 0. The van der Waals surface area contributed by atoms with Crippen molar-refractivity contribution in [2.45, 2.75) is 52.6 Å². The average molecular weight is 278 g/mol. The third-order valence-electron chi connectivity index (χ3n) is 3.61. The molecule has 0 atom stereocenters. The normalized spacial score (nSPS) is 17.2. The van der Waals surface area contributed by atoms with Crippen molar-refractivity contribution in [1.29, 1.82) is 0 Å². The van der Waals surface area contributed by atoms with E-state index in [0.717, 1.165) is 12.8 Å². The zero-order valence-corrected chi connectivity index (χ0v) is 12.7. The molecule has 3 heteroatoms. The fraction of sp³-hybridized carbons (Fsp3) is 0.588. The molecule has 1 aromatic carbocycles. The van der Waals surface area contributed by atoms with Crippen LogP contribution < -0.4 is 4.74 Å². The van der Waals surface area contributed by atoms with Crippen molar-refractivity contribution < 1.29 is 13.9 Å². The third-order valence-corrected chi connectivity index (χ3v) is 3.61. The van der Waals surface area contributed by atoms with Crippen molar-refractivity contribution in [2.24, 2.45) is 11.8 Å². The first kappa shape index (κ1) is 15.0. The van der Waals surface area contributed by atoms with E-state index in [4.69, 9.17) is 4.74 Å². The molecular formula is C17H23FO2. The summed E-state index contributed by atoms with van der Waals surface area (Å²) in [6.45, 7) is 8.54. The first-order valence-corrected chi connectivity index (χ1v) is 7.33. The average Bonchev–Trinajstić information content (AvgIpc) is 2.28. The van der Waals surface area contributed by atoms with Crippen LogP contribution in [-0.4, -0.2) is 11.4 Å². The van der Waals surface area contributed by atoms with Gasteiger partial charge in [0.2, 0.25) is 0 Å². The van der Waals surface area contributed by atoms with Gasteiger partial charge in [-0.25, -0.2) is 4.39 Å². The Balaban J connectivity index is 2.37. The minimum Gasteiger partial charge on any atom is -0.486 e. The van der Waals surface area contributed by atoms with Crippen LogP contribution in [0, 0.1) is 17.7 Å².